The van der Waals surface area contributed by atoms with Gasteiger partial charge < -0.3 is 9.32 Å². The van der Waals surface area contributed by atoms with Crippen molar-refractivity contribution in [3.05, 3.63) is 85.8 Å². The van der Waals surface area contributed by atoms with E-state index in [0.717, 1.165) is 24.2 Å². The molecule has 1 aliphatic rings. The van der Waals surface area contributed by atoms with Gasteiger partial charge in [-0.05, 0) is 30.5 Å². The molecule has 4 rings (SSSR count). The van der Waals surface area contributed by atoms with E-state index in [1.54, 1.807) is 11.1 Å². The van der Waals surface area contributed by atoms with E-state index in [9.17, 15) is 14.4 Å². The van der Waals surface area contributed by atoms with Crippen molar-refractivity contribution < 1.29 is 9.21 Å². The molecule has 9 heteroatoms. The lowest BCUT2D eigenvalue weighted by Gasteiger charge is -2.31. The van der Waals surface area contributed by atoms with Crippen molar-refractivity contribution in [2.45, 2.75) is 31.7 Å². The van der Waals surface area contributed by atoms with Crippen molar-refractivity contribution in [2.75, 3.05) is 13.1 Å². The smallest absolute Gasteiger partial charge is 0.328 e. The predicted octanol–water partition coefficient (Wildman–Crippen LogP) is 2.17. The van der Waals surface area contributed by atoms with Gasteiger partial charge in [-0.15, -0.1) is 0 Å². The quantitative estimate of drug-likeness (QED) is 0.671. The summed E-state index contributed by atoms with van der Waals surface area (Å²) in [6, 6.07) is 8.82. The zero-order valence-corrected chi connectivity index (χ0v) is 17.0. The maximum absolute atomic E-state index is 12.7. The van der Waals surface area contributed by atoms with Crippen LogP contribution in [0.25, 0.3) is 0 Å². The fourth-order valence-electron chi connectivity index (χ4n) is 3.66. The lowest BCUT2D eigenvalue weighted by molar-refractivity contribution is -0.133. The summed E-state index contributed by atoms with van der Waals surface area (Å²) in [5, 5.41) is 0.676. The number of carbonyl (C=O) groups is 1. The number of oxazole rings is 1. The second-order valence-electron chi connectivity index (χ2n) is 7.39. The predicted molar refractivity (Wildman–Crippen MR) is 111 cm³/mol. The molecule has 0 unspecified atom stereocenters. The summed E-state index contributed by atoms with van der Waals surface area (Å²) in [6.45, 7) is 0.978. The average Bonchev–Trinajstić information content (AvgIpc) is 3.19. The minimum absolute atomic E-state index is 0.00288. The van der Waals surface area contributed by atoms with Crippen LogP contribution in [0, 0.1) is 0 Å². The van der Waals surface area contributed by atoms with Crippen LogP contribution in [0.15, 0.2) is 56.7 Å². The van der Waals surface area contributed by atoms with Crippen molar-refractivity contribution in [1.29, 1.82) is 0 Å². The number of hydrogen-bond donors (Lipinski definition) is 1. The molecule has 0 radical (unpaired) electrons. The number of likely N-dealkylation sites (tertiary alicyclic amines) is 1. The zero-order valence-electron chi connectivity index (χ0n) is 16.2. The van der Waals surface area contributed by atoms with Crippen LogP contribution in [0.3, 0.4) is 0 Å². The van der Waals surface area contributed by atoms with Crippen LogP contribution < -0.4 is 11.2 Å². The van der Waals surface area contributed by atoms with Gasteiger partial charge in [-0.25, -0.2) is 9.78 Å². The van der Waals surface area contributed by atoms with Gasteiger partial charge in [0, 0.05) is 36.8 Å². The first kappa shape index (κ1) is 20.2. The van der Waals surface area contributed by atoms with Crippen molar-refractivity contribution in [3.8, 4) is 0 Å². The summed E-state index contributed by atoms with van der Waals surface area (Å²) in [5.41, 5.74) is -0.0426. The number of piperidine rings is 1. The monoisotopic (exact) mass is 428 g/mol. The molecule has 156 valence electrons. The van der Waals surface area contributed by atoms with Gasteiger partial charge >= 0.3 is 5.69 Å². The van der Waals surface area contributed by atoms with E-state index in [1.807, 2.05) is 24.3 Å². The first-order valence-corrected chi connectivity index (χ1v) is 10.1. The molecule has 3 heterocycles. The number of hydrogen-bond acceptors (Lipinski definition) is 5. The van der Waals surface area contributed by atoms with Crippen LogP contribution in [-0.2, 0) is 17.8 Å². The number of aromatic amines is 1. The van der Waals surface area contributed by atoms with Crippen molar-refractivity contribution >= 4 is 17.5 Å². The second kappa shape index (κ2) is 8.71. The molecule has 1 aliphatic heterocycles. The molecule has 1 N–H and O–H groups in total. The fraction of sp³-hybridized carbons (Fsp3) is 0.333. The van der Waals surface area contributed by atoms with Gasteiger partial charge in [0.1, 0.15) is 12.3 Å². The summed E-state index contributed by atoms with van der Waals surface area (Å²) in [4.78, 5) is 44.0. The molecule has 8 nitrogen and oxygen atoms in total. The molecular weight excluding hydrogens is 408 g/mol. The maximum atomic E-state index is 12.7. The number of nitrogens with one attached hydrogen (secondary N) is 1. The summed E-state index contributed by atoms with van der Waals surface area (Å²) < 4.78 is 7.15. The van der Waals surface area contributed by atoms with Crippen LogP contribution in [0.2, 0.25) is 5.02 Å². The average molecular weight is 429 g/mol. The largest absolute Gasteiger partial charge is 0.445 e. The van der Waals surface area contributed by atoms with Crippen LogP contribution in [0.5, 0.6) is 0 Å². The Morgan fingerprint density at radius 2 is 2.17 bits per heavy atom. The summed E-state index contributed by atoms with van der Waals surface area (Å²) in [5.74, 6) is 1.18. The molecule has 30 heavy (non-hydrogen) atoms. The molecule has 0 aliphatic carbocycles. The summed E-state index contributed by atoms with van der Waals surface area (Å²) in [7, 11) is 0. The number of halogens is 1. The maximum Gasteiger partial charge on any atom is 0.328 e. The number of rotatable bonds is 5. The molecule has 2 aromatic heterocycles. The van der Waals surface area contributed by atoms with Gasteiger partial charge in [0.15, 0.2) is 5.89 Å². The van der Waals surface area contributed by atoms with Gasteiger partial charge in [0.2, 0.25) is 5.91 Å². The number of carbonyl (C=O) groups excluding carboxylic acids is 1. The molecule has 0 bridgehead atoms. The Hall–Kier alpha value is -3.13. The first-order chi connectivity index (χ1) is 14.5. The molecule has 3 aromatic rings. The third-order valence-corrected chi connectivity index (χ3v) is 5.40. The Morgan fingerprint density at radius 3 is 2.97 bits per heavy atom. The third-order valence-electron chi connectivity index (χ3n) is 5.16. The van der Waals surface area contributed by atoms with E-state index >= 15 is 0 Å². The van der Waals surface area contributed by atoms with Gasteiger partial charge in [0.05, 0.1) is 12.1 Å². The summed E-state index contributed by atoms with van der Waals surface area (Å²) in [6.07, 6.45) is 5.34. The molecule has 0 spiro atoms. The van der Waals surface area contributed by atoms with Gasteiger partial charge in [0.25, 0.3) is 5.56 Å². The van der Waals surface area contributed by atoms with Crippen LogP contribution in [-0.4, -0.2) is 38.4 Å². The normalized spacial score (nSPS) is 16.6. The number of nitrogens with zero attached hydrogens (tertiary/aromatic N) is 3. The van der Waals surface area contributed by atoms with E-state index in [0.29, 0.717) is 30.4 Å². The van der Waals surface area contributed by atoms with Crippen molar-refractivity contribution in [3.63, 3.8) is 0 Å². The molecule has 1 amide bonds. The highest BCUT2D eigenvalue weighted by atomic mass is 35.5. The molecule has 1 fully saturated rings. The fourth-order valence-corrected chi connectivity index (χ4v) is 3.87. The lowest BCUT2D eigenvalue weighted by Crippen LogP contribution is -2.42. The molecule has 0 saturated carbocycles. The van der Waals surface area contributed by atoms with E-state index < -0.39 is 11.2 Å². The van der Waals surface area contributed by atoms with E-state index in [2.05, 4.69) is 9.97 Å². The minimum Gasteiger partial charge on any atom is -0.445 e. The van der Waals surface area contributed by atoms with E-state index in [1.165, 1.54) is 16.8 Å². The standard InChI is InChI=1S/C21H21ClN4O4/c22-16-5-1-3-14(9-16)10-17-11-23-20(30-17)15-4-2-7-25(12-15)19(28)13-26-8-6-18(27)24-21(26)29/h1,3,5-6,8-9,11,15H,2,4,7,10,12-13H2,(H,24,27,29)/t15-/m1/s1. The Labute approximate surface area is 177 Å². The van der Waals surface area contributed by atoms with Gasteiger partial charge in [-0.1, -0.05) is 23.7 Å². The Balaban J connectivity index is 1.41. The minimum atomic E-state index is -0.595. The zero-order chi connectivity index (χ0) is 21.1. The van der Waals surface area contributed by atoms with E-state index in [-0.39, 0.29) is 18.4 Å². The highest BCUT2D eigenvalue weighted by Gasteiger charge is 2.28. The lowest BCUT2D eigenvalue weighted by atomic mass is 9.98. The first-order valence-electron chi connectivity index (χ1n) is 9.74. The van der Waals surface area contributed by atoms with E-state index in [4.69, 9.17) is 16.0 Å². The number of H-pyrrole nitrogens is 1. The van der Waals surface area contributed by atoms with Crippen LogP contribution in [0.4, 0.5) is 0 Å². The van der Waals surface area contributed by atoms with Crippen LogP contribution >= 0.6 is 11.6 Å². The molecule has 1 saturated heterocycles. The highest BCUT2D eigenvalue weighted by Crippen LogP contribution is 2.27. The van der Waals surface area contributed by atoms with Crippen molar-refractivity contribution in [2.24, 2.45) is 0 Å². The van der Waals surface area contributed by atoms with Crippen LogP contribution in [0.1, 0.15) is 36.0 Å². The SMILES string of the molecule is O=C(Cn1ccc(=O)[nH]c1=O)N1CCC[C@@H](c2ncc(Cc3cccc(Cl)c3)o2)C1. The topological polar surface area (TPSA) is 101 Å². The van der Waals surface area contributed by atoms with Gasteiger partial charge in [-0.3, -0.25) is 19.1 Å². The van der Waals surface area contributed by atoms with Crippen molar-refractivity contribution in [1.82, 2.24) is 19.4 Å². The Morgan fingerprint density at radius 1 is 1.30 bits per heavy atom. The van der Waals surface area contributed by atoms with Gasteiger partial charge in [-0.2, -0.15) is 0 Å². The molecule has 1 aromatic carbocycles. The third kappa shape index (κ3) is 4.71. The Kier molecular flexibility index (Phi) is 5.85. The second-order valence-corrected chi connectivity index (χ2v) is 7.82. The molecule has 1 atom stereocenters. The number of benzene rings is 1. The summed E-state index contributed by atoms with van der Waals surface area (Å²) >= 11 is 6.04. The number of amides is 1. The number of aromatic nitrogens is 3. The Bertz CT molecular complexity index is 1170. The highest BCUT2D eigenvalue weighted by molar-refractivity contribution is 6.30. The molecular formula is C21H21ClN4O4.